The summed E-state index contributed by atoms with van der Waals surface area (Å²) in [5.41, 5.74) is -0.500. The van der Waals surface area contributed by atoms with Crippen LogP contribution in [0.1, 0.15) is 29.6 Å². The van der Waals surface area contributed by atoms with Crippen LogP contribution >= 0.6 is 23.4 Å². The highest BCUT2D eigenvalue weighted by Crippen LogP contribution is 2.21. The quantitative estimate of drug-likeness (QED) is 0.293. The Balaban J connectivity index is 1.45. The third-order valence-corrected chi connectivity index (χ3v) is 6.75. The molecule has 1 aliphatic rings. The van der Waals surface area contributed by atoms with Crippen molar-refractivity contribution in [3.05, 3.63) is 64.9 Å². The Labute approximate surface area is 207 Å². The van der Waals surface area contributed by atoms with Crippen molar-refractivity contribution in [1.29, 1.82) is 0 Å². The van der Waals surface area contributed by atoms with Crippen molar-refractivity contribution >= 4 is 41.1 Å². The molecule has 1 aliphatic heterocycles. The van der Waals surface area contributed by atoms with Crippen LogP contribution in [0, 0.1) is 5.82 Å². The van der Waals surface area contributed by atoms with Gasteiger partial charge in [0.15, 0.2) is 0 Å². The normalized spacial score (nSPS) is 14.8. The molecule has 0 unspecified atom stereocenters. The molecule has 1 fully saturated rings. The number of hydrogen-bond donors (Lipinski definition) is 4. The number of amides is 3. The summed E-state index contributed by atoms with van der Waals surface area (Å²) in [7, 11) is 0. The number of benzene rings is 2. The smallest absolute Gasteiger partial charge is 0.251 e. The van der Waals surface area contributed by atoms with Crippen molar-refractivity contribution < 1.29 is 18.8 Å². The zero-order chi connectivity index (χ0) is 24.4. The highest BCUT2D eigenvalue weighted by Gasteiger charge is 2.40. The lowest BCUT2D eigenvalue weighted by Gasteiger charge is -2.37. The van der Waals surface area contributed by atoms with Gasteiger partial charge in [0, 0.05) is 40.7 Å². The van der Waals surface area contributed by atoms with Crippen molar-refractivity contribution in [2.45, 2.75) is 29.7 Å². The summed E-state index contributed by atoms with van der Waals surface area (Å²) in [4.78, 5) is 38.7. The fraction of sp³-hybridized carbons (Fsp3) is 0.375. The maximum absolute atomic E-state index is 13.0. The molecule has 2 aromatic rings. The van der Waals surface area contributed by atoms with E-state index >= 15 is 0 Å². The van der Waals surface area contributed by atoms with Crippen molar-refractivity contribution in [1.82, 2.24) is 21.3 Å². The van der Waals surface area contributed by atoms with Gasteiger partial charge in [-0.2, -0.15) is 0 Å². The first-order valence-electron chi connectivity index (χ1n) is 11.1. The highest BCUT2D eigenvalue weighted by molar-refractivity contribution is 7.99. The van der Waals surface area contributed by atoms with E-state index in [0.717, 1.165) is 4.90 Å². The van der Waals surface area contributed by atoms with E-state index in [-0.39, 0.29) is 43.0 Å². The van der Waals surface area contributed by atoms with Gasteiger partial charge in [-0.1, -0.05) is 11.6 Å². The van der Waals surface area contributed by atoms with Crippen molar-refractivity contribution in [3.63, 3.8) is 0 Å². The van der Waals surface area contributed by atoms with E-state index in [1.165, 1.54) is 23.9 Å². The third-order valence-electron chi connectivity index (χ3n) is 5.48. The van der Waals surface area contributed by atoms with Crippen LogP contribution in [0.3, 0.4) is 0 Å². The van der Waals surface area contributed by atoms with Crippen molar-refractivity contribution in [2.24, 2.45) is 0 Å². The zero-order valence-electron chi connectivity index (χ0n) is 18.7. The second kappa shape index (κ2) is 12.7. The Hall–Kier alpha value is -2.62. The molecule has 0 radical (unpaired) electrons. The van der Waals surface area contributed by atoms with Gasteiger partial charge >= 0.3 is 0 Å². The van der Waals surface area contributed by atoms with Gasteiger partial charge in [-0.25, -0.2) is 4.39 Å². The number of hydrogen-bond acceptors (Lipinski definition) is 5. The predicted molar refractivity (Wildman–Crippen MR) is 132 cm³/mol. The molecule has 10 heteroatoms. The molecule has 0 aliphatic carbocycles. The standard InChI is InChI=1S/C24H28ClFN4O3S/c25-18-3-1-17(2-4-18)22(32)28-14-15-29-23(33)24(10-12-27-13-11-24)30-21(31)9-16-34-20-7-5-19(26)6-8-20/h1-8,27H,9-16H2,(H,28,32)(H,29,33)(H,30,31). The first-order valence-corrected chi connectivity index (χ1v) is 12.5. The number of thioether (sulfide) groups is 1. The number of piperidine rings is 1. The summed E-state index contributed by atoms with van der Waals surface area (Å²) in [5, 5.41) is 12.3. The molecular weight excluding hydrogens is 479 g/mol. The second-order valence-electron chi connectivity index (χ2n) is 7.95. The average Bonchev–Trinajstić information content (AvgIpc) is 2.83. The molecule has 1 saturated heterocycles. The van der Waals surface area contributed by atoms with Gasteiger partial charge in [0.1, 0.15) is 11.4 Å². The number of carbonyl (C=O) groups is 3. The molecule has 0 bridgehead atoms. The van der Waals surface area contributed by atoms with E-state index in [1.54, 1.807) is 36.4 Å². The number of nitrogens with one attached hydrogen (secondary N) is 4. The van der Waals surface area contributed by atoms with Crippen molar-refractivity contribution in [2.75, 3.05) is 31.9 Å². The molecule has 182 valence electrons. The molecule has 2 aromatic carbocycles. The Morgan fingerprint density at radius 1 is 0.971 bits per heavy atom. The first kappa shape index (κ1) is 26.0. The molecule has 3 amide bonds. The topological polar surface area (TPSA) is 99.3 Å². The van der Waals surface area contributed by atoms with Gasteiger partial charge in [-0.05, 0) is 74.5 Å². The molecule has 7 nitrogen and oxygen atoms in total. The second-order valence-corrected chi connectivity index (χ2v) is 9.56. The molecule has 0 aromatic heterocycles. The van der Waals surface area contributed by atoms with E-state index in [2.05, 4.69) is 21.3 Å². The van der Waals surface area contributed by atoms with Crippen LogP contribution in [-0.2, 0) is 9.59 Å². The summed E-state index contributed by atoms with van der Waals surface area (Å²) < 4.78 is 13.0. The fourth-order valence-electron chi connectivity index (χ4n) is 3.61. The van der Waals surface area contributed by atoms with Gasteiger partial charge in [0.25, 0.3) is 5.91 Å². The Morgan fingerprint density at radius 3 is 2.29 bits per heavy atom. The highest BCUT2D eigenvalue weighted by atomic mass is 35.5. The number of rotatable bonds is 10. The molecule has 0 saturated carbocycles. The van der Waals surface area contributed by atoms with Gasteiger partial charge in [-0.3, -0.25) is 14.4 Å². The summed E-state index contributed by atoms with van der Waals surface area (Å²) >= 11 is 7.29. The largest absolute Gasteiger partial charge is 0.352 e. The minimum atomic E-state index is -0.983. The van der Waals surface area contributed by atoms with E-state index in [0.29, 0.717) is 42.3 Å². The summed E-state index contributed by atoms with van der Waals surface area (Å²) in [6.07, 6.45) is 1.20. The Morgan fingerprint density at radius 2 is 1.62 bits per heavy atom. The average molecular weight is 507 g/mol. The summed E-state index contributed by atoms with van der Waals surface area (Å²) in [6, 6.07) is 12.6. The predicted octanol–water partition coefficient (Wildman–Crippen LogP) is 2.75. The van der Waals surface area contributed by atoms with E-state index in [1.807, 2.05) is 0 Å². The number of halogens is 2. The van der Waals surface area contributed by atoms with E-state index in [4.69, 9.17) is 11.6 Å². The van der Waals surface area contributed by atoms with Crippen LogP contribution < -0.4 is 21.3 Å². The summed E-state index contributed by atoms with van der Waals surface area (Å²) in [5.74, 6) is -0.499. The van der Waals surface area contributed by atoms with Gasteiger partial charge < -0.3 is 21.3 Å². The minimum Gasteiger partial charge on any atom is -0.352 e. The van der Waals surface area contributed by atoms with Gasteiger partial charge in [0.05, 0.1) is 0 Å². The lowest BCUT2D eigenvalue weighted by Crippen LogP contribution is -2.63. The first-order chi connectivity index (χ1) is 16.4. The Kier molecular flexibility index (Phi) is 9.74. The molecule has 0 spiro atoms. The summed E-state index contributed by atoms with van der Waals surface area (Å²) in [6.45, 7) is 1.73. The van der Waals surface area contributed by atoms with Crippen LogP contribution in [0.4, 0.5) is 4.39 Å². The van der Waals surface area contributed by atoms with Crippen LogP contribution in [0.2, 0.25) is 5.02 Å². The lowest BCUT2D eigenvalue weighted by atomic mass is 9.87. The molecule has 34 heavy (non-hydrogen) atoms. The maximum Gasteiger partial charge on any atom is 0.251 e. The molecular formula is C24H28ClFN4O3S. The third kappa shape index (κ3) is 7.72. The van der Waals surface area contributed by atoms with E-state index in [9.17, 15) is 18.8 Å². The van der Waals surface area contributed by atoms with Crippen LogP contribution in [0.15, 0.2) is 53.4 Å². The molecule has 3 rings (SSSR count). The van der Waals surface area contributed by atoms with E-state index < -0.39 is 5.54 Å². The maximum atomic E-state index is 13.0. The molecule has 1 heterocycles. The van der Waals surface area contributed by atoms with Crippen LogP contribution in [0.25, 0.3) is 0 Å². The molecule has 0 atom stereocenters. The van der Waals surface area contributed by atoms with Crippen molar-refractivity contribution in [3.8, 4) is 0 Å². The van der Waals surface area contributed by atoms with Gasteiger partial charge in [-0.15, -0.1) is 11.8 Å². The van der Waals surface area contributed by atoms with Gasteiger partial charge in [0.2, 0.25) is 11.8 Å². The number of carbonyl (C=O) groups excluding carboxylic acids is 3. The minimum absolute atomic E-state index is 0.206. The van der Waals surface area contributed by atoms with Crippen LogP contribution in [-0.4, -0.2) is 55.2 Å². The monoisotopic (exact) mass is 506 g/mol. The Bertz CT molecular complexity index is 983. The fourth-order valence-corrected chi connectivity index (χ4v) is 4.59. The lowest BCUT2D eigenvalue weighted by molar-refractivity contribution is -0.134. The SMILES string of the molecule is O=C(CCSc1ccc(F)cc1)NC1(C(=O)NCCNC(=O)c2ccc(Cl)cc2)CCNCC1. The van der Waals surface area contributed by atoms with Crippen LogP contribution in [0.5, 0.6) is 0 Å². The molecule has 4 N–H and O–H groups in total. The zero-order valence-corrected chi connectivity index (χ0v) is 20.2.